The van der Waals surface area contributed by atoms with Crippen molar-refractivity contribution in [3.63, 3.8) is 0 Å². The van der Waals surface area contributed by atoms with Crippen LogP contribution in [0.5, 0.6) is 0 Å². The third-order valence-electron chi connectivity index (χ3n) is 3.40. The van der Waals surface area contributed by atoms with Gasteiger partial charge >= 0.3 is 0 Å². The lowest BCUT2D eigenvalue weighted by molar-refractivity contribution is 0.113. The van der Waals surface area contributed by atoms with E-state index >= 15 is 0 Å². The summed E-state index contributed by atoms with van der Waals surface area (Å²) in [6.45, 7) is 7.62. The lowest BCUT2D eigenvalue weighted by atomic mass is 9.98. The van der Waals surface area contributed by atoms with Crippen molar-refractivity contribution in [1.82, 2.24) is 9.80 Å². The molecule has 0 aromatic rings. The molecular formula is C10H23N3. The second kappa shape index (κ2) is 3.95. The molecule has 1 atom stereocenters. The van der Waals surface area contributed by atoms with Gasteiger partial charge in [0.05, 0.1) is 0 Å². The molecule has 0 radical (unpaired) electrons. The molecule has 1 aliphatic heterocycles. The van der Waals surface area contributed by atoms with Crippen molar-refractivity contribution in [3.05, 3.63) is 0 Å². The summed E-state index contributed by atoms with van der Waals surface area (Å²) in [6, 6.07) is 0.502. The third kappa shape index (κ3) is 2.42. The highest BCUT2D eigenvalue weighted by Crippen LogP contribution is 2.23. The number of likely N-dealkylation sites (N-methyl/N-ethyl adjacent to an activating group) is 2. The molecule has 3 nitrogen and oxygen atoms in total. The zero-order valence-corrected chi connectivity index (χ0v) is 9.38. The molecule has 1 rings (SSSR count). The van der Waals surface area contributed by atoms with E-state index in [0.717, 1.165) is 13.1 Å². The Balaban J connectivity index is 2.73. The van der Waals surface area contributed by atoms with Crippen LogP contribution in [0.4, 0.5) is 0 Å². The van der Waals surface area contributed by atoms with Crippen molar-refractivity contribution >= 4 is 0 Å². The smallest absolute Gasteiger partial charge is 0.0347 e. The molecule has 1 aliphatic rings. The highest BCUT2D eigenvalue weighted by atomic mass is 15.3. The molecule has 0 aliphatic carbocycles. The fourth-order valence-electron chi connectivity index (χ4n) is 1.94. The van der Waals surface area contributed by atoms with Crippen molar-refractivity contribution in [2.24, 2.45) is 5.73 Å². The number of nitrogens with two attached hydrogens (primary N) is 1. The molecule has 3 heteroatoms. The molecule has 0 spiro atoms. The van der Waals surface area contributed by atoms with Gasteiger partial charge in [-0.05, 0) is 40.9 Å². The monoisotopic (exact) mass is 185 g/mol. The first-order valence-electron chi connectivity index (χ1n) is 5.09. The Morgan fingerprint density at radius 1 is 1.38 bits per heavy atom. The summed E-state index contributed by atoms with van der Waals surface area (Å²) in [5.74, 6) is 0. The zero-order valence-electron chi connectivity index (χ0n) is 9.38. The molecule has 78 valence electrons. The van der Waals surface area contributed by atoms with Gasteiger partial charge in [0.1, 0.15) is 0 Å². The Bertz CT molecular complexity index is 168. The fourth-order valence-corrected chi connectivity index (χ4v) is 1.94. The van der Waals surface area contributed by atoms with Gasteiger partial charge in [0.2, 0.25) is 0 Å². The first-order valence-corrected chi connectivity index (χ1v) is 5.09. The summed E-state index contributed by atoms with van der Waals surface area (Å²) in [5.41, 5.74) is 6.06. The van der Waals surface area contributed by atoms with E-state index in [0.29, 0.717) is 6.04 Å². The summed E-state index contributed by atoms with van der Waals surface area (Å²) >= 11 is 0. The third-order valence-corrected chi connectivity index (χ3v) is 3.40. The maximum absolute atomic E-state index is 5.78. The van der Waals surface area contributed by atoms with Crippen molar-refractivity contribution in [1.29, 1.82) is 0 Å². The van der Waals surface area contributed by atoms with E-state index in [1.54, 1.807) is 0 Å². The van der Waals surface area contributed by atoms with Crippen LogP contribution < -0.4 is 5.73 Å². The van der Waals surface area contributed by atoms with E-state index in [9.17, 15) is 0 Å². The van der Waals surface area contributed by atoms with Crippen LogP contribution in [0.25, 0.3) is 0 Å². The van der Waals surface area contributed by atoms with Gasteiger partial charge in [0.25, 0.3) is 0 Å². The lowest BCUT2D eigenvalue weighted by Crippen LogP contribution is -2.51. The van der Waals surface area contributed by atoms with Gasteiger partial charge in [-0.25, -0.2) is 0 Å². The average molecular weight is 185 g/mol. The molecule has 0 saturated carbocycles. The number of hydrogen-bond donors (Lipinski definition) is 1. The van der Waals surface area contributed by atoms with E-state index in [-0.39, 0.29) is 5.54 Å². The van der Waals surface area contributed by atoms with Crippen LogP contribution in [0, 0.1) is 0 Å². The molecule has 1 heterocycles. The van der Waals surface area contributed by atoms with Gasteiger partial charge in [-0.15, -0.1) is 0 Å². The largest absolute Gasteiger partial charge is 0.329 e. The normalized spacial score (nSPS) is 31.6. The standard InChI is InChI=1S/C10H23N3/c1-10(2)5-6-12(3)8-9(7-11)13(10)4/h9H,5-8,11H2,1-4H3. The van der Waals surface area contributed by atoms with E-state index in [4.69, 9.17) is 5.73 Å². The molecule has 0 bridgehead atoms. The van der Waals surface area contributed by atoms with Gasteiger partial charge in [0.15, 0.2) is 0 Å². The SMILES string of the molecule is CN1CCC(C)(C)N(C)C(CN)C1. The molecule has 13 heavy (non-hydrogen) atoms. The molecule has 2 N–H and O–H groups in total. The van der Waals surface area contributed by atoms with Gasteiger partial charge in [-0.1, -0.05) is 0 Å². The Morgan fingerprint density at radius 3 is 2.54 bits per heavy atom. The molecule has 1 unspecified atom stereocenters. The number of nitrogens with zero attached hydrogens (tertiary/aromatic N) is 2. The number of hydrogen-bond acceptors (Lipinski definition) is 3. The second-order valence-electron chi connectivity index (χ2n) is 4.83. The zero-order chi connectivity index (χ0) is 10.1. The van der Waals surface area contributed by atoms with Crippen LogP contribution in [0.1, 0.15) is 20.3 Å². The van der Waals surface area contributed by atoms with Crippen molar-refractivity contribution in [2.45, 2.75) is 31.8 Å². The summed E-state index contributed by atoms with van der Waals surface area (Å²) < 4.78 is 0. The minimum absolute atomic E-state index is 0.287. The second-order valence-corrected chi connectivity index (χ2v) is 4.83. The van der Waals surface area contributed by atoms with Crippen molar-refractivity contribution < 1.29 is 0 Å². The molecule has 0 aromatic heterocycles. The molecule has 0 amide bonds. The van der Waals surface area contributed by atoms with Crippen molar-refractivity contribution in [2.75, 3.05) is 33.7 Å². The lowest BCUT2D eigenvalue weighted by Gasteiger charge is -2.38. The Morgan fingerprint density at radius 2 is 2.00 bits per heavy atom. The average Bonchev–Trinajstić information content (AvgIpc) is 2.17. The van der Waals surface area contributed by atoms with Crippen LogP contribution in [-0.4, -0.2) is 55.1 Å². The first-order chi connectivity index (χ1) is 5.97. The Labute approximate surface area is 81.9 Å². The Hall–Kier alpha value is -0.120. The highest BCUT2D eigenvalue weighted by Gasteiger charge is 2.32. The van der Waals surface area contributed by atoms with Gasteiger partial charge in [-0.2, -0.15) is 0 Å². The minimum atomic E-state index is 0.287. The molecule has 1 fully saturated rings. The van der Waals surface area contributed by atoms with E-state index in [1.165, 1.54) is 13.0 Å². The summed E-state index contributed by atoms with van der Waals surface area (Å²) in [7, 11) is 4.37. The fraction of sp³-hybridized carbons (Fsp3) is 1.00. The number of rotatable bonds is 1. The topological polar surface area (TPSA) is 32.5 Å². The quantitative estimate of drug-likeness (QED) is 0.640. The summed E-state index contributed by atoms with van der Waals surface area (Å²) in [4.78, 5) is 4.80. The van der Waals surface area contributed by atoms with Gasteiger partial charge in [0, 0.05) is 24.7 Å². The maximum Gasteiger partial charge on any atom is 0.0347 e. The predicted molar refractivity (Wildman–Crippen MR) is 56.8 cm³/mol. The van der Waals surface area contributed by atoms with E-state index in [1.807, 2.05) is 0 Å². The van der Waals surface area contributed by atoms with Gasteiger partial charge < -0.3 is 10.6 Å². The first kappa shape index (κ1) is 11.0. The van der Waals surface area contributed by atoms with Crippen LogP contribution in [-0.2, 0) is 0 Å². The minimum Gasteiger partial charge on any atom is -0.329 e. The highest BCUT2D eigenvalue weighted by molar-refractivity contribution is 4.89. The summed E-state index contributed by atoms with van der Waals surface area (Å²) in [6.07, 6.45) is 1.22. The molecular weight excluding hydrogens is 162 g/mol. The predicted octanol–water partition coefficient (Wildman–Crippen LogP) is 0.360. The molecule has 1 saturated heterocycles. The van der Waals surface area contributed by atoms with Crippen LogP contribution in [0.15, 0.2) is 0 Å². The van der Waals surface area contributed by atoms with Crippen molar-refractivity contribution in [3.8, 4) is 0 Å². The van der Waals surface area contributed by atoms with Crippen LogP contribution in [0.3, 0.4) is 0 Å². The summed E-state index contributed by atoms with van der Waals surface area (Å²) in [5, 5.41) is 0. The van der Waals surface area contributed by atoms with Crippen LogP contribution in [0.2, 0.25) is 0 Å². The van der Waals surface area contributed by atoms with Crippen LogP contribution >= 0.6 is 0 Å². The van der Waals surface area contributed by atoms with E-state index in [2.05, 4.69) is 37.7 Å². The van der Waals surface area contributed by atoms with E-state index < -0.39 is 0 Å². The maximum atomic E-state index is 5.78. The Kier molecular flexibility index (Phi) is 3.33. The molecule has 0 aromatic carbocycles. The van der Waals surface area contributed by atoms with Gasteiger partial charge in [-0.3, -0.25) is 4.90 Å².